The molecule has 3 rings (SSSR count). The summed E-state index contributed by atoms with van der Waals surface area (Å²) in [7, 11) is 1.64. The Labute approximate surface area is 143 Å². The minimum Gasteiger partial charge on any atom is -0.497 e. The van der Waals surface area contributed by atoms with Crippen LogP contribution in [0, 0.1) is 6.92 Å². The Hall–Kier alpha value is -2.05. The van der Waals surface area contributed by atoms with Gasteiger partial charge in [-0.2, -0.15) is 0 Å². The molecule has 0 spiro atoms. The summed E-state index contributed by atoms with van der Waals surface area (Å²) in [6, 6.07) is 9.54. The van der Waals surface area contributed by atoms with E-state index in [0.29, 0.717) is 13.2 Å². The van der Waals surface area contributed by atoms with Crippen molar-refractivity contribution >= 4 is 39.0 Å². The number of anilines is 1. The molecule has 3 aromatic rings. The Bertz CT molecular complexity index is 805. The lowest BCUT2D eigenvalue weighted by molar-refractivity contribution is 0.331. The standard InChI is InChI=1S/C16H16ClN3O2S/c1-10-9-13-14(19-16(17)20-15(13)23-10)18-7-8-22-12-5-3-11(21-2)4-6-12/h3-6,9H,7-8H2,1-2H3,(H,18,19,20). The van der Waals surface area contributed by atoms with Crippen molar-refractivity contribution < 1.29 is 9.47 Å². The number of methoxy groups -OCH3 is 1. The molecule has 2 aromatic heterocycles. The second-order valence-corrected chi connectivity index (χ2v) is 6.44. The fraction of sp³-hybridized carbons (Fsp3) is 0.250. The molecule has 120 valence electrons. The molecule has 0 bridgehead atoms. The van der Waals surface area contributed by atoms with E-state index in [1.54, 1.807) is 18.4 Å². The van der Waals surface area contributed by atoms with Crippen molar-refractivity contribution in [3.63, 3.8) is 0 Å². The molecule has 0 saturated carbocycles. The van der Waals surface area contributed by atoms with Gasteiger partial charge in [-0.15, -0.1) is 11.3 Å². The SMILES string of the molecule is COc1ccc(OCCNc2nc(Cl)nc3sc(C)cc23)cc1. The van der Waals surface area contributed by atoms with Crippen LogP contribution < -0.4 is 14.8 Å². The van der Waals surface area contributed by atoms with E-state index in [1.165, 1.54) is 4.88 Å². The van der Waals surface area contributed by atoms with Crippen LogP contribution in [0.3, 0.4) is 0 Å². The van der Waals surface area contributed by atoms with E-state index in [-0.39, 0.29) is 5.28 Å². The molecule has 0 aliphatic carbocycles. The molecule has 0 saturated heterocycles. The van der Waals surface area contributed by atoms with Crippen LogP contribution in [0.15, 0.2) is 30.3 Å². The third-order valence-electron chi connectivity index (χ3n) is 3.21. The van der Waals surface area contributed by atoms with Crippen molar-refractivity contribution in [1.29, 1.82) is 0 Å². The molecule has 0 aliphatic heterocycles. The number of ether oxygens (including phenoxy) is 2. The molecule has 1 N–H and O–H groups in total. The highest BCUT2D eigenvalue weighted by Crippen LogP contribution is 2.29. The number of nitrogens with one attached hydrogen (secondary N) is 1. The fourth-order valence-electron chi connectivity index (χ4n) is 2.16. The summed E-state index contributed by atoms with van der Waals surface area (Å²) in [5, 5.41) is 4.49. The van der Waals surface area contributed by atoms with Gasteiger partial charge in [0.05, 0.1) is 19.0 Å². The summed E-state index contributed by atoms with van der Waals surface area (Å²) >= 11 is 7.57. The van der Waals surface area contributed by atoms with Gasteiger partial charge >= 0.3 is 0 Å². The molecule has 5 nitrogen and oxygen atoms in total. The smallest absolute Gasteiger partial charge is 0.225 e. The van der Waals surface area contributed by atoms with Gasteiger partial charge in [0.1, 0.15) is 28.8 Å². The number of hydrogen-bond donors (Lipinski definition) is 1. The first-order chi connectivity index (χ1) is 11.2. The Morgan fingerprint density at radius 1 is 1.17 bits per heavy atom. The van der Waals surface area contributed by atoms with Crippen LogP contribution in [0.4, 0.5) is 5.82 Å². The predicted molar refractivity (Wildman–Crippen MR) is 94.1 cm³/mol. The Morgan fingerprint density at radius 3 is 2.65 bits per heavy atom. The topological polar surface area (TPSA) is 56.3 Å². The van der Waals surface area contributed by atoms with E-state index < -0.39 is 0 Å². The van der Waals surface area contributed by atoms with Gasteiger partial charge in [-0.1, -0.05) is 0 Å². The quantitative estimate of drug-likeness (QED) is 0.535. The van der Waals surface area contributed by atoms with Crippen molar-refractivity contribution in [1.82, 2.24) is 9.97 Å². The van der Waals surface area contributed by atoms with E-state index in [2.05, 4.69) is 21.4 Å². The van der Waals surface area contributed by atoms with Crippen molar-refractivity contribution in [3.8, 4) is 11.5 Å². The molecule has 0 aliphatic rings. The summed E-state index contributed by atoms with van der Waals surface area (Å²) in [5.74, 6) is 2.34. The first kappa shape index (κ1) is 15.8. The van der Waals surface area contributed by atoms with Crippen molar-refractivity contribution in [2.24, 2.45) is 0 Å². The summed E-state index contributed by atoms with van der Waals surface area (Å²) in [6.45, 7) is 3.17. The Kier molecular flexibility index (Phi) is 4.83. The molecule has 7 heteroatoms. The van der Waals surface area contributed by atoms with Crippen LogP contribution in [-0.4, -0.2) is 30.2 Å². The lowest BCUT2D eigenvalue weighted by Crippen LogP contribution is -2.12. The average Bonchev–Trinajstić information content (AvgIpc) is 2.92. The number of fused-ring (bicyclic) bond motifs is 1. The van der Waals surface area contributed by atoms with Gasteiger partial charge < -0.3 is 14.8 Å². The number of benzene rings is 1. The minimum atomic E-state index is 0.248. The van der Waals surface area contributed by atoms with E-state index in [1.807, 2.05) is 31.2 Å². The number of aryl methyl sites for hydroxylation is 1. The van der Waals surface area contributed by atoms with Crippen molar-refractivity contribution in [3.05, 3.63) is 40.5 Å². The molecule has 0 radical (unpaired) electrons. The second-order valence-electron chi connectivity index (χ2n) is 4.87. The van der Waals surface area contributed by atoms with Gasteiger partial charge in [0.2, 0.25) is 5.28 Å². The highest BCUT2D eigenvalue weighted by atomic mass is 35.5. The van der Waals surface area contributed by atoms with E-state index in [4.69, 9.17) is 21.1 Å². The summed E-state index contributed by atoms with van der Waals surface area (Å²) in [5.41, 5.74) is 0. The van der Waals surface area contributed by atoms with Gasteiger partial charge in [0, 0.05) is 4.88 Å². The Balaban J connectivity index is 1.60. The molecule has 23 heavy (non-hydrogen) atoms. The third-order valence-corrected chi connectivity index (χ3v) is 4.32. The van der Waals surface area contributed by atoms with Crippen LogP contribution in [0.1, 0.15) is 4.88 Å². The van der Waals surface area contributed by atoms with E-state index in [9.17, 15) is 0 Å². The molecule has 0 unspecified atom stereocenters. The lowest BCUT2D eigenvalue weighted by atomic mass is 10.3. The molecule has 0 fully saturated rings. The fourth-order valence-corrected chi connectivity index (χ4v) is 3.26. The molecular formula is C16H16ClN3O2S. The number of aromatic nitrogens is 2. The third kappa shape index (κ3) is 3.83. The average molecular weight is 350 g/mol. The monoisotopic (exact) mass is 349 g/mol. The van der Waals surface area contributed by atoms with Crippen LogP contribution in [-0.2, 0) is 0 Å². The molecular weight excluding hydrogens is 334 g/mol. The van der Waals surface area contributed by atoms with Gasteiger partial charge in [0.15, 0.2) is 0 Å². The molecule has 2 heterocycles. The Morgan fingerprint density at radius 2 is 1.91 bits per heavy atom. The van der Waals surface area contributed by atoms with Crippen molar-refractivity contribution in [2.45, 2.75) is 6.92 Å². The molecule has 1 aromatic carbocycles. The predicted octanol–water partition coefficient (Wildman–Crippen LogP) is 4.15. The molecule has 0 atom stereocenters. The maximum Gasteiger partial charge on any atom is 0.225 e. The highest BCUT2D eigenvalue weighted by molar-refractivity contribution is 7.18. The minimum absolute atomic E-state index is 0.248. The second kappa shape index (κ2) is 7.02. The summed E-state index contributed by atoms with van der Waals surface area (Å²) in [6.07, 6.45) is 0. The lowest BCUT2D eigenvalue weighted by Gasteiger charge is -2.09. The maximum absolute atomic E-state index is 5.97. The zero-order chi connectivity index (χ0) is 16.2. The van der Waals surface area contributed by atoms with Crippen LogP contribution in [0.5, 0.6) is 11.5 Å². The van der Waals surface area contributed by atoms with Gasteiger partial charge in [-0.05, 0) is 48.9 Å². The van der Waals surface area contributed by atoms with Gasteiger partial charge in [-0.25, -0.2) is 9.97 Å². The van der Waals surface area contributed by atoms with Crippen LogP contribution in [0.25, 0.3) is 10.2 Å². The maximum atomic E-state index is 5.97. The first-order valence-electron chi connectivity index (χ1n) is 7.10. The van der Waals surface area contributed by atoms with Crippen molar-refractivity contribution in [2.75, 3.05) is 25.6 Å². The number of nitrogens with zero attached hydrogens (tertiary/aromatic N) is 2. The van der Waals surface area contributed by atoms with Crippen LogP contribution in [0.2, 0.25) is 5.28 Å². The van der Waals surface area contributed by atoms with Crippen LogP contribution >= 0.6 is 22.9 Å². The zero-order valence-corrected chi connectivity index (χ0v) is 14.4. The van der Waals surface area contributed by atoms with E-state index in [0.717, 1.165) is 27.5 Å². The van der Waals surface area contributed by atoms with Gasteiger partial charge in [0.25, 0.3) is 0 Å². The largest absolute Gasteiger partial charge is 0.497 e. The van der Waals surface area contributed by atoms with Gasteiger partial charge in [-0.3, -0.25) is 0 Å². The highest BCUT2D eigenvalue weighted by Gasteiger charge is 2.09. The van der Waals surface area contributed by atoms with E-state index >= 15 is 0 Å². The molecule has 0 amide bonds. The summed E-state index contributed by atoms with van der Waals surface area (Å²) < 4.78 is 10.8. The first-order valence-corrected chi connectivity index (χ1v) is 8.29. The zero-order valence-electron chi connectivity index (χ0n) is 12.8. The number of halogens is 1. The number of hydrogen-bond acceptors (Lipinski definition) is 6. The summed E-state index contributed by atoms with van der Waals surface area (Å²) in [4.78, 5) is 10.6. The number of rotatable bonds is 6. The number of thiophene rings is 1. The normalized spacial score (nSPS) is 10.7.